The quantitative estimate of drug-likeness (QED) is 0.623. The molecule has 0 amide bonds. The highest BCUT2D eigenvalue weighted by molar-refractivity contribution is 7.90. The van der Waals surface area contributed by atoms with Crippen molar-refractivity contribution in [3.05, 3.63) is 56.8 Å². The zero-order valence-corrected chi connectivity index (χ0v) is 14.9. The van der Waals surface area contributed by atoms with Gasteiger partial charge in [-0.25, -0.2) is 17.8 Å². The number of aromatic amines is 1. The molecule has 2 heterocycles. The van der Waals surface area contributed by atoms with E-state index in [9.17, 15) is 30.8 Å². The lowest BCUT2D eigenvalue weighted by Gasteiger charge is -2.28. The predicted molar refractivity (Wildman–Crippen MR) is 87.2 cm³/mol. The summed E-state index contributed by atoms with van der Waals surface area (Å²) in [6.07, 6.45) is -3.67. The third-order valence-electron chi connectivity index (χ3n) is 4.26. The van der Waals surface area contributed by atoms with Crippen LogP contribution in [0.2, 0.25) is 0 Å². The third kappa shape index (κ3) is 4.03. The molecule has 1 aromatic carbocycles. The maximum atomic E-state index is 14.2. The van der Waals surface area contributed by atoms with E-state index in [1.165, 1.54) is 6.07 Å². The minimum Gasteiger partial charge on any atom is -0.297 e. The van der Waals surface area contributed by atoms with Crippen molar-refractivity contribution in [1.29, 1.82) is 0 Å². The minimum absolute atomic E-state index is 0.0253. The zero-order chi connectivity index (χ0) is 20.0. The molecule has 1 aliphatic rings. The monoisotopic (exact) mass is 405 g/mol. The van der Waals surface area contributed by atoms with E-state index in [4.69, 9.17) is 0 Å². The summed E-state index contributed by atoms with van der Waals surface area (Å²) in [5, 5.41) is -0.474. The Balaban J connectivity index is 1.90. The second-order valence-corrected chi connectivity index (χ2v) is 8.24. The first-order chi connectivity index (χ1) is 12.5. The minimum atomic E-state index is -4.80. The number of hydrogen-bond donors (Lipinski definition) is 1. The summed E-state index contributed by atoms with van der Waals surface area (Å²) in [6.45, 7) is 0.195. The van der Waals surface area contributed by atoms with Gasteiger partial charge in [-0.05, 0) is 12.5 Å². The summed E-state index contributed by atoms with van der Waals surface area (Å²) >= 11 is 0. The maximum Gasteiger partial charge on any atom is 0.419 e. The summed E-state index contributed by atoms with van der Waals surface area (Å²) in [4.78, 5) is 19.8. The molecule has 0 radical (unpaired) electrons. The molecule has 0 fully saturated rings. The van der Waals surface area contributed by atoms with E-state index in [0.717, 1.165) is 12.3 Å². The largest absolute Gasteiger partial charge is 0.419 e. The van der Waals surface area contributed by atoms with E-state index in [0.29, 0.717) is 18.2 Å². The molecule has 0 unspecified atom stereocenters. The third-order valence-corrected chi connectivity index (χ3v) is 5.16. The Labute approximate surface area is 151 Å². The van der Waals surface area contributed by atoms with Crippen LogP contribution in [0.15, 0.2) is 28.2 Å². The molecular weight excluding hydrogens is 390 g/mol. The van der Waals surface area contributed by atoms with Crippen LogP contribution in [0.5, 0.6) is 0 Å². The number of alkyl halides is 3. The van der Waals surface area contributed by atoms with Gasteiger partial charge in [-0.2, -0.15) is 13.2 Å². The van der Waals surface area contributed by atoms with Crippen molar-refractivity contribution < 1.29 is 26.0 Å². The van der Waals surface area contributed by atoms with Crippen LogP contribution in [0.4, 0.5) is 17.6 Å². The lowest BCUT2D eigenvalue weighted by atomic mass is 10.0. The van der Waals surface area contributed by atoms with Gasteiger partial charge in [0, 0.05) is 37.0 Å². The molecule has 0 aliphatic carbocycles. The molecule has 1 aliphatic heterocycles. The molecule has 0 bridgehead atoms. The van der Waals surface area contributed by atoms with E-state index >= 15 is 0 Å². The number of nitrogens with one attached hydrogen (secondary N) is 1. The molecule has 0 spiro atoms. The Morgan fingerprint density at radius 1 is 1.30 bits per heavy atom. The number of fused-ring (bicyclic) bond motifs is 1. The molecule has 1 N–H and O–H groups in total. The summed E-state index contributed by atoms with van der Waals surface area (Å²) in [5.74, 6) is -1.34. The molecule has 146 valence electrons. The fraction of sp³-hybridized carbons (Fsp3) is 0.375. The number of hydrogen-bond acceptors (Lipinski definition) is 5. The van der Waals surface area contributed by atoms with E-state index in [2.05, 4.69) is 9.97 Å². The molecule has 27 heavy (non-hydrogen) atoms. The first kappa shape index (κ1) is 19.5. The highest BCUT2D eigenvalue weighted by Gasteiger charge is 2.35. The van der Waals surface area contributed by atoms with Crippen LogP contribution in [-0.2, 0) is 35.5 Å². The van der Waals surface area contributed by atoms with Gasteiger partial charge in [0.25, 0.3) is 5.56 Å². The van der Waals surface area contributed by atoms with Crippen LogP contribution in [0, 0.1) is 5.82 Å². The van der Waals surface area contributed by atoms with Crippen LogP contribution in [0.3, 0.4) is 0 Å². The normalized spacial score (nSPS) is 15.6. The highest BCUT2D eigenvalue weighted by atomic mass is 32.2. The van der Waals surface area contributed by atoms with Crippen LogP contribution >= 0.6 is 0 Å². The van der Waals surface area contributed by atoms with Crippen molar-refractivity contribution in [2.75, 3.05) is 12.8 Å². The molecule has 3 rings (SSSR count). The van der Waals surface area contributed by atoms with Gasteiger partial charge in [0.05, 0.1) is 11.3 Å². The van der Waals surface area contributed by atoms with Crippen molar-refractivity contribution >= 4 is 9.84 Å². The molecule has 1 aromatic heterocycles. The molecular formula is C16H15F4N3O3S. The Hall–Kier alpha value is -2.27. The average molecular weight is 405 g/mol. The van der Waals surface area contributed by atoms with Gasteiger partial charge in [-0.15, -0.1) is 0 Å². The maximum absolute atomic E-state index is 14.2. The van der Waals surface area contributed by atoms with Gasteiger partial charge in [-0.3, -0.25) is 14.7 Å². The fourth-order valence-corrected chi connectivity index (χ4v) is 3.50. The molecule has 6 nitrogen and oxygen atoms in total. The van der Waals surface area contributed by atoms with Gasteiger partial charge < -0.3 is 0 Å². The standard InChI is InChI=1S/C16H15F4N3O3S/c1-27(25,26)15-21-12-8-23(6-5-10(12)14(24)22-15)7-9-3-2-4-11(13(9)17)16(18,19)20/h2-4H,5-8H2,1H3,(H,21,22,24). The fourth-order valence-electron chi connectivity index (χ4n) is 2.94. The van der Waals surface area contributed by atoms with Crippen LogP contribution in [-0.4, -0.2) is 36.1 Å². The number of halogens is 4. The summed E-state index contributed by atoms with van der Waals surface area (Å²) in [6, 6.07) is 3.06. The second-order valence-electron chi connectivity index (χ2n) is 6.31. The molecule has 2 aromatic rings. The van der Waals surface area contributed by atoms with E-state index in [1.807, 2.05) is 0 Å². The van der Waals surface area contributed by atoms with E-state index < -0.39 is 38.1 Å². The first-order valence-electron chi connectivity index (χ1n) is 7.86. The van der Waals surface area contributed by atoms with Crippen LogP contribution < -0.4 is 5.56 Å². The molecule has 0 atom stereocenters. The summed E-state index contributed by atoms with van der Waals surface area (Å²) in [5.41, 5.74) is -1.50. The number of benzene rings is 1. The van der Waals surface area contributed by atoms with Crippen LogP contribution in [0.1, 0.15) is 22.4 Å². The second kappa shape index (κ2) is 6.71. The predicted octanol–water partition coefficient (Wildman–Crippen LogP) is 1.89. The summed E-state index contributed by atoms with van der Waals surface area (Å²) in [7, 11) is -3.73. The van der Waals surface area contributed by atoms with Gasteiger partial charge in [0.15, 0.2) is 0 Å². The van der Waals surface area contributed by atoms with Crippen molar-refractivity contribution in [2.45, 2.75) is 30.8 Å². The van der Waals surface area contributed by atoms with Crippen molar-refractivity contribution in [3.8, 4) is 0 Å². The van der Waals surface area contributed by atoms with Crippen LogP contribution in [0.25, 0.3) is 0 Å². The first-order valence-corrected chi connectivity index (χ1v) is 9.75. The van der Waals surface area contributed by atoms with Gasteiger partial charge in [0.1, 0.15) is 5.82 Å². The van der Waals surface area contributed by atoms with Crippen molar-refractivity contribution in [2.24, 2.45) is 0 Å². The lowest BCUT2D eigenvalue weighted by Crippen LogP contribution is -2.36. The van der Waals surface area contributed by atoms with Crippen molar-refractivity contribution in [1.82, 2.24) is 14.9 Å². The number of sulfone groups is 1. The van der Waals surface area contributed by atoms with Gasteiger partial charge in [-0.1, -0.05) is 12.1 Å². The number of aromatic nitrogens is 2. The Kier molecular flexibility index (Phi) is 4.85. The van der Waals surface area contributed by atoms with Gasteiger partial charge in [0.2, 0.25) is 15.0 Å². The smallest absolute Gasteiger partial charge is 0.297 e. The van der Waals surface area contributed by atoms with Crippen molar-refractivity contribution in [3.63, 3.8) is 0 Å². The number of H-pyrrole nitrogens is 1. The van der Waals surface area contributed by atoms with E-state index in [1.54, 1.807) is 4.90 Å². The summed E-state index contributed by atoms with van der Waals surface area (Å²) < 4.78 is 76.0. The lowest BCUT2D eigenvalue weighted by molar-refractivity contribution is -0.140. The number of rotatable bonds is 3. The zero-order valence-electron chi connectivity index (χ0n) is 14.1. The SMILES string of the molecule is CS(=O)(=O)c1nc2c(c(=O)[nH]1)CCN(Cc1cccc(C(F)(F)F)c1F)C2. The van der Waals surface area contributed by atoms with E-state index in [-0.39, 0.29) is 30.8 Å². The molecule has 0 saturated heterocycles. The molecule has 0 saturated carbocycles. The Bertz CT molecular complexity index is 1050. The highest BCUT2D eigenvalue weighted by Crippen LogP contribution is 2.33. The van der Waals surface area contributed by atoms with Gasteiger partial charge >= 0.3 is 6.18 Å². The average Bonchev–Trinajstić information content (AvgIpc) is 2.54. The Morgan fingerprint density at radius 2 is 2.00 bits per heavy atom. The Morgan fingerprint density at radius 3 is 2.63 bits per heavy atom. The molecule has 11 heteroatoms. The topological polar surface area (TPSA) is 83.1 Å². The number of nitrogens with zero attached hydrogens (tertiary/aromatic N) is 2.